The summed E-state index contributed by atoms with van der Waals surface area (Å²) in [4.78, 5) is 4.90. The van der Waals surface area contributed by atoms with Crippen LogP contribution in [-0.2, 0) is 0 Å². The zero-order chi connectivity index (χ0) is 48.6. The van der Waals surface area contributed by atoms with Gasteiger partial charge in [0.05, 0.1) is 0 Å². The Balaban J connectivity index is 0.000000155. The monoisotopic (exact) mass is 918 g/mol. The van der Waals surface area contributed by atoms with E-state index in [9.17, 15) is 0 Å². The summed E-state index contributed by atoms with van der Waals surface area (Å²) in [5.74, 6) is 1.13. The van der Waals surface area contributed by atoms with Crippen LogP contribution in [0, 0.1) is 25.7 Å². The molecule has 0 saturated carbocycles. The van der Waals surface area contributed by atoms with Crippen LogP contribution < -0.4 is 9.80 Å². The average molecular weight is 919 g/mol. The zero-order valence-electron chi connectivity index (χ0n) is 42.0. The van der Waals surface area contributed by atoms with Crippen LogP contribution in [-0.4, -0.2) is 13.1 Å². The topological polar surface area (TPSA) is 6.48 Å². The van der Waals surface area contributed by atoms with Crippen molar-refractivity contribution in [3.8, 4) is 22.3 Å². The Morgan fingerprint density at radius 3 is 1.42 bits per heavy atom. The second-order valence-corrected chi connectivity index (χ2v) is 20.3. The van der Waals surface area contributed by atoms with E-state index in [2.05, 4.69) is 270 Å². The van der Waals surface area contributed by atoms with Gasteiger partial charge in [-0.1, -0.05) is 204 Å². The maximum atomic E-state index is 2.45. The molecule has 0 unspecified atom stereocenters. The molecule has 348 valence electrons. The van der Waals surface area contributed by atoms with Gasteiger partial charge >= 0.3 is 0 Å². The van der Waals surface area contributed by atoms with Gasteiger partial charge in [0, 0.05) is 35.8 Å². The van der Waals surface area contributed by atoms with Crippen LogP contribution in [0.4, 0.5) is 22.7 Å². The predicted molar refractivity (Wildman–Crippen MR) is 311 cm³/mol. The van der Waals surface area contributed by atoms with Crippen LogP contribution in [0.5, 0.6) is 0 Å². The molecule has 0 saturated heterocycles. The van der Waals surface area contributed by atoms with Crippen molar-refractivity contribution in [1.29, 1.82) is 0 Å². The number of rotatable bonds is 10. The van der Waals surface area contributed by atoms with Gasteiger partial charge in [-0.3, -0.25) is 0 Å². The molecule has 71 heavy (non-hydrogen) atoms. The van der Waals surface area contributed by atoms with Crippen LogP contribution in [0.15, 0.2) is 206 Å². The van der Waals surface area contributed by atoms with Crippen molar-refractivity contribution in [3.63, 3.8) is 0 Å². The fourth-order valence-corrected chi connectivity index (χ4v) is 11.0. The highest BCUT2D eigenvalue weighted by Crippen LogP contribution is 2.42. The molecule has 12 rings (SSSR count). The number of nitrogens with zero attached hydrogens (tertiary/aromatic N) is 2. The van der Waals surface area contributed by atoms with E-state index >= 15 is 0 Å². The molecule has 1 aliphatic carbocycles. The van der Waals surface area contributed by atoms with Crippen molar-refractivity contribution in [3.05, 3.63) is 229 Å². The van der Waals surface area contributed by atoms with E-state index in [1.54, 1.807) is 0 Å². The molecule has 0 aromatic heterocycles. The Labute approximate surface area is 420 Å². The highest BCUT2D eigenvalue weighted by molar-refractivity contribution is 6.25. The van der Waals surface area contributed by atoms with Gasteiger partial charge in [0.25, 0.3) is 0 Å². The average Bonchev–Trinajstić information content (AvgIpc) is 3.66. The van der Waals surface area contributed by atoms with Gasteiger partial charge in [-0.25, -0.2) is 0 Å². The first-order chi connectivity index (χ1) is 34.7. The van der Waals surface area contributed by atoms with E-state index in [1.807, 2.05) is 0 Å². The summed E-state index contributed by atoms with van der Waals surface area (Å²) < 4.78 is 0. The summed E-state index contributed by atoms with van der Waals surface area (Å²) in [6.07, 6.45) is 10.1. The molecule has 2 heteroatoms. The molecule has 0 amide bonds. The van der Waals surface area contributed by atoms with Crippen LogP contribution in [0.3, 0.4) is 0 Å². The maximum absolute atomic E-state index is 2.45. The molecule has 0 heterocycles. The van der Waals surface area contributed by atoms with E-state index < -0.39 is 0 Å². The third kappa shape index (κ3) is 8.85. The lowest BCUT2D eigenvalue weighted by molar-refractivity contribution is 0.651. The number of para-hydroxylation sites is 2. The van der Waals surface area contributed by atoms with E-state index in [-0.39, 0.29) is 0 Å². The predicted octanol–water partition coefficient (Wildman–Crippen LogP) is 19.5. The van der Waals surface area contributed by atoms with Gasteiger partial charge in [-0.15, -0.1) is 0 Å². The van der Waals surface area contributed by atoms with Gasteiger partial charge in [-0.05, 0) is 173 Å². The van der Waals surface area contributed by atoms with E-state index in [0.29, 0.717) is 11.8 Å². The SMILES string of the molecule is Cc1ccccc1N(CC(C)C)c1ccc(-c2ccc3c4c(c5ccccc5c3c2)C=CCC=C4)cc1.Cc1ccccc1N(CC(C)C)c1ccc(-c2ccc3ccc4cccc5ccc2c3c45)cc1. The molecule has 2 nitrogen and oxygen atoms in total. The molecule has 0 atom stereocenters. The molecule has 0 radical (unpaired) electrons. The molecule has 0 N–H and O–H groups in total. The maximum Gasteiger partial charge on any atom is 0.0440 e. The lowest BCUT2D eigenvalue weighted by Gasteiger charge is -2.28. The first kappa shape index (κ1) is 45.5. The quantitative estimate of drug-likeness (QED) is 0.126. The smallest absolute Gasteiger partial charge is 0.0440 e. The van der Waals surface area contributed by atoms with Crippen molar-refractivity contribution in [1.82, 2.24) is 0 Å². The standard InChI is InChI=1S/C36H33N.C33H29N/c1-25(2)24-37(36-16-10-7-11-26(36)3)29-20-17-27(18-21-29)28-19-22-34-32-13-6-4-5-12-30(32)31-14-8-9-15-33(31)35(34)23-28;1-22(2)21-34(31-10-5-4-7-23(31)3)28-17-13-24(14-18-28)29-19-15-27-12-11-25-8-6-9-26-16-20-30(29)33(27)32(25)26/h5-23,25H,4,24H2,1-3H3;4-20,22H,21H2,1-3H3. The summed E-state index contributed by atoms with van der Waals surface area (Å²) in [6.45, 7) is 15.5. The minimum absolute atomic E-state index is 0.562. The molecule has 0 fully saturated rings. The lowest BCUT2D eigenvalue weighted by Crippen LogP contribution is -2.23. The number of allylic oxidation sites excluding steroid dienone is 2. The van der Waals surface area contributed by atoms with Crippen LogP contribution in [0.25, 0.3) is 88.3 Å². The molecule has 11 aromatic carbocycles. The van der Waals surface area contributed by atoms with Gasteiger partial charge < -0.3 is 9.80 Å². The largest absolute Gasteiger partial charge is 0.341 e. The normalized spacial score (nSPS) is 12.3. The second-order valence-electron chi connectivity index (χ2n) is 20.3. The Morgan fingerprint density at radius 2 is 0.845 bits per heavy atom. The number of hydrogen-bond donors (Lipinski definition) is 0. The van der Waals surface area contributed by atoms with Crippen molar-refractivity contribution >= 4 is 88.8 Å². The van der Waals surface area contributed by atoms with Gasteiger partial charge in [0.2, 0.25) is 0 Å². The van der Waals surface area contributed by atoms with Crippen molar-refractivity contribution in [2.75, 3.05) is 22.9 Å². The van der Waals surface area contributed by atoms with Crippen molar-refractivity contribution in [2.45, 2.75) is 48.0 Å². The van der Waals surface area contributed by atoms with Crippen LogP contribution in [0.2, 0.25) is 0 Å². The third-order valence-electron chi connectivity index (χ3n) is 14.4. The zero-order valence-corrected chi connectivity index (χ0v) is 42.0. The van der Waals surface area contributed by atoms with Gasteiger partial charge in [0.1, 0.15) is 0 Å². The van der Waals surface area contributed by atoms with E-state index in [0.717, 1.165) is 19.5 Å². The number of aryl methyl sites for hydroxylation is 2. The Bertz CT molecular complexity index is 3740. The van der Waals surface area contributed by atoms with Crippen LogP contribution >= 0.6 is 0 Å². The fraction of sp³-hybridized carbons (Fsp3) is 0.159. The van der Waals surface area contributed by atoms with E-state index in [1.165, 1.54) is 121 Å². The third-order valence-corrected chi connectivity index (χ3v) is 14.4. The Hall–Kier alpha value is -7.94. The summed E-state index contributed by atoms with van der Waals surface area (Å²) in [6, 6.07) is 71.6. The highest BCUT2D eigenvalue weighted by Gasteiger charge is 2.18. The fourth-order valence-electron chi connectivity index (χ4n) is 11.0. The molecule has 1 aliphatic rings. The van der Waals surface area contributed by atoms with Crippen molar-refractivity contribution < 1.29 is 0 Å². The number of fused-ring (bicyclic) bond motifs is 6. The summed E-state index contributed by atoms with van der Waals surface area (Å²) in [5, 5.41) is 13.3. The molecular formula is C69H62N2. The first-order valence-corrected chi connectivity index (χ1v) is 25.6. The Kier molecular flexibility index (Phi) is 12.5. The molecule has 11 aromatic rings. The van der Waals surface area contributed by atoms with Crippen molar-refractivity contribution in [2.24, 2.45) is 11.8 Å². The summed E-state index contributed by atoms with van der Waals surface area (Å²) in [5.41, 5.74) is 15.4. The summed E-state index contributed by atoms with van der Waals surface area (Å²) >= 11 is 0. The summed E-state index contributed by atoms with van der Waals surface area (Å²) in [7, 11) is 0. The van der Waals surface area contributed by atoms with Crippen LogP contribution in [0.1, 0.15) is 56.4 Å². The lowest BCUT2D eigenvalue weighted by atomic mass is 9.89. The Morgan fingerprint density at radius 1 is 0.380 bits per heavy atom. The minimum Gasteiger partial charge on any atom is -0.341 e. The number of hydrogen-bond acceptors (Lipinski definition) is 2. The molecular weight excluding hydrogens is 857 g/mol. The highest BCUT2D eigenvalue weighted by atomic mass is 15.1. The first-order valence-electron chi connectivity index (χ1n) is 25.6. The number of benzene rings is 11. The van der Waals surface area contributed by atoms with E-state index in [4.69, 9.17) is 0 Å². The molecule has 0 spiro atoms. The molecule has 0 bridgehead atoms. The number of anilines is 4. The van der Waals surface area contributed by atoms with Gasteiger partial charge in [-0.2, -0.15) is 0 Å². The van der Waals surface area contributed by atoms with Gasteiger partial charge in [0.15, 0.2) is 0 Å². The molecule has 0 aliphatic heterocycles. The minimum atomic E-state index is 0.562. The second kappa shape index (κ2) is 19.5.